The van der Waals surface area contributed by atoms with E-state index in [4.69, 9.17) is 18.9 Å². The van der Waals surface area contributed by atoms with Gasteiger partial charge in [-0.2, -0.15) is 0 Å². The SMILES string of the molecule is CCCC[C@@H](NN(C)C)C1O[C@@H](COC(C)(C)C)[C@H](COC(C)(C)C)O1. The Morgan fingerprint density at radius 1 is 0.923 bits per heavy atom. The van der Waals surface area contributed by atoms with Crippen LogP contribution in [-0.4, -0.2) is 68.1 Å². The molecule has 1 aliphatic rings. The van der Waals surface area contributed by atoms with Crippen LogP contribution in [0.2, 0.25) is 0 Å². The molecule has 156 valence electrons. The molecule has 0 bridgehead atoms. The lowest BCUT2D eigenvalue weighted by Gasteiger charge is -2.27. The number of unbranched alkanes of at least 4 members (excludes halogenated alkanes) is 1. The van der Waals surface area contributed by atoms with Crippen molar-refractivity contribution in [3.8, 4) is 0 Å². The number of hydrogen-bond acceptors (Lipinski definition) is 6. The first-order chi connectivity index (χ1) is 11.9. The highest BCUT2D eigenvalue weighted by molar-refractivity contribution is 4.84. The molecule has 1 aliphatic heterocycles. The Balaban J connectivity index is 2.77. The highest BCUT2D eigenvalue weighted by Crippen LogP contribution is 2.26. The van der Waals surface area contributed by atoms with Crippen molar-refractivity contribution in [1.82, 2.24) is 10.4 Å². The van der Waals surface area contributed by atoms with E-state index in [2.05, 4.69) is 53.9 Å². The molecule has 0 amide bonds. The van der Waals surface area contributed by atoms with Crippen LogP contribution < -0.4 is 5.43 Å². The average Bonchev–Trinajstić information content (AvgIpc) is 2.89. The van der Waals surface area contributed by atoms with Gasteiger partial charge in [-0.15, -0.1) is 0 Å². The minimum atomic E-state index is -0.300. The van der Waals surface area contributed by atoms with E-state index in [1.54, 1.807) is 0 Å². The van der Waals surface area contributed by atoms with Crippen LogP contribution in [0, 0.1) is 0 Å². The molecule has 1 saturated heterocycles. The second-order valence-electron chi connectivity index (χ2n) is 9.34. The monoisotopic (exact) mass is 374 g/mol. The smallest absolute Gasteiger partial charge is 0.175 e. The molecular weight excluding hydrogens is 332 g/mol. The topological polar surface area (TPSA) is 52.2 Å². The van der Waals surface area contributed by atoms with E-state index in [-0.39, 0.29) is 35.7 Å². The fourth-order valence-electron chi connectivity index (χ4n) is 2.72. The summed E-state index contributed by atoms with van der Waals surface area (Å²) in [7, 11) is 3.99. The molecule has 0 aromatic carbocycles. The van der Waals surface area contributed by atoms with Crippen molar-refractivity contribution in [1.29, 1.82) is 0 Å². The van der Waals surface area contributed by atoms with Crippen LogP contribution in [0.3, 0.4) is 0 Å². The molecular formula is C20H42N2O4. The van der Waals surface area contributed by atoms with Crippen LogP contribution in [-0.2, 0) is 18.9 Å². The van der Waals surface area contributed by atoms with Gasteiger partial charge in [0, 0.05) is 14.1 Å². The van der Waals surface area contributed by atoms with Crippen LogP contribution >= 0.6 is 0 Å². The van der Waals surface area contributed by atoms with Crippen molar-refractivity contribution >= 4 is 0 Å². The molecule has 1 fully saturated rings. The van der Waals surface area contributed by atoms with E-state index in [1.807, 2.05) is 19.1 Å². The number of hydrazine groups is 1. The molecule has 1 heterocycles. The van der Waals surface area contributed by atoms with Gasteiger partial charge < -0.3 is 18.9 Å². The number of nitrogens with one attached hydrogen (secondary N) is 1. The number of ether oxygens (including phenoxy) is 4. The van der Waals surface area contributed by atoms with Crippen LogP contribution in [0.4, 0.5) is 0 Å². The summed E-state index contributed by atoms with van der Waals surface area (Å²) in [6.07, 6.45) is 2.71. The van der Waals surface area contributed by atoms with E-state index in [9.17, 15) is 0 Å². The van der Waals surface area contributed by atoms with Gasteiger partial charge in [-0.1, -0.05) is 19.8 Å². The van der Waals surface area contributed by atoms with Crippen molar-refractivity contribution < 1.29 is 18.9 Å². The summed E-state index contributed by atoms with van der Waals surface area (Å²) in [5, 5.41) is 1.96. The zero-order valence-electron chi connectivity index (χ0n) is 18.4. The van der Waals surface area contributed by atoms with Crippen molar-refractivity contribution in [3.63, 3.8) is 0 Å². The van der Waals surface area contributed by atoms with Gasteiger partial charge in [-0.25, -0.2) is 5.43 Å². The zero-order valence-corrected chi connectivity index (χ0v) is 18.4. The van der Waals surface area contributed by atoms with Gasteiger partial charge in [0.1, 0.15) is 12.2 Å². The predicted molar refractivity (Wildman–Crippen MR) is 105 cm³/mol. The maximum Gasteiger partial charge on any atom is 0.175 e. The van der Waals surface area contributed by atoms with E-state index in [1.165, 1.54) is 0 Å². The summed E-state index contributed by atoms with van der Waals surface area (Å²) in [5.41, 5.74) is 3.03. The maximum absolute atomic E-state index is 6.28. The largest absolute Gasteiger partial charge is 0.373 e. The van der Waals surface area contributed by atoms with E-state index in [0.717, 1.165) is 19.3 Å². The molecule has 0 radical (unpaired) electrons. The molecule has 3 atom stereocenters. The minimum Gasteiger partial charge on any atom is -0.373 e. The first-order valence-electron chi connectivity index (χ1n) is 9.93. The highest BCUT2D eigenvalue weighted by Gasteiger charge is 2.41. The molecule has 0 aromatic rings. The Morgan fingerprint density at radius 3 is 1.73 bits per heavy atom. The summed E-state index contributed by atoms with van der Waals surface area (Å²) in [6, 6.07) is 0.113. The molecule has 0 aromatic heterocycles. The quantitative estimate of drug-likeness (QED) is 0.592. The highest BCUT2D eigenvalue weighted by atomic mass is 16.7. The lowest BCUT2D eigenvalue weighted by atomic mass is 10.1. The summed E-state index contributed by atoms with van der Waals surface area (Å²) >= 11 is 0. The van der Waals surface area contributed by atoms with Gasteiger partial charge >= 0.3 is 0 Å². The summed E-state index contributed by atoms with van der Waals surface area (Å²) in [4.78, 5) is 0. The van der Waals surface area contributed by atoms with Gasteiger partial charge in [-0.3, -0.25) is 5.01 Å². The average molecular weight is 375 g/mol. The van der Waals surface area contributed by atoms with Crippen LogP contribution in [0.25, 0.3) is 0 Å². The van der Waals surface area contributed by atoms with Crippen molar-refractivity contribution in [2.45, 2.75) is 103 Å². The third kappa shape index (κ3) is 9.62. The Bertz CT molecular complexity index is 364. The van der Waals surface area contributed by atoms with E-state index < -0.39 is 0 Å². The molecule has 0 spiro atoms. The number of rotatable bonds is 10. The number of nitrogens with zero attached hydrogens (tertiary/aromatic N) is 1. The second kappa shape index (κ2) is 10.3. The first-order valence-corrected chi connectivity index (χ1v) is 9.93. The second-order valence-corrected chi connectivity index (χ2v) is 9.34. The third-order valence-electron chi connectivity index (χ3n) is 4.01. The Labute approximate surface area is 160 Å². The zero-order chi connectivity index (χ0) is 20.0. The van der Waals surface area contributed by atoms with Crippen LogP contribution in [0.5, 0.6) is 0 Å². The van der Waals surface area contributed by atoms with Crippen molar-refractivity contribution in [3.05, 3.63) is 0 Å². The van der Waals surface area contributed by atoms with Gasteiger partial charge in [0.2, 0.25) is 0 Å². The lowest BCUT2D eigenvalue weighted by molar-refractivity contribution is -0.121. The standard InChI is InChI=1S/C20H42N2O4/c1-10-11-12-15(21-22(8)9)18-25-16(13-23-19(2,3)4)17(26-18)14-24-20(5,6)7/h15-18,21H,10-14H2,1-9H3/t15-,16+,17+/m1/s1. The predicted octanol–water partition coefficient (Wildman–Crippen LogP) is 3.35. The molecule has 6 nitrogen and oxygen atoms in total. The van der Waals surface area contributed by atoms with Crippen LogP contribution in [0.1, 0.15) is 67.7 Å². The Morgan fingerprint density at radius 2 is 1.38 bits per heavy atom. The third-order valence-corrected chi connectivity index (χ3v) is 4.01. The van der Waals surface area contributed by atoms with Gasteiger partial charge in [0.15, 0.2) is 6.29 Å². The normalized spacial score (nSPS) is 23.8. The van der Waals surface area contributed by atoms with Gasteiger partial charge in [0.05, 0.1) is 30.5 Å². The van der Waals surface area contributed by atoms with Crippen molar-refractivity contribution in [2.24, 2.45) is 0 Å². The van der Waals surface area contributed by atoms with Crippen LogP contribution in [0.15, 0.2) is 0 Å². The Kier molecular flexibility index (Phi) is 9.47. The first kappa shape index (κ1) is 23.8. The molecule has 1 N–H and O–H groups in total. The minimum absolute atomic E-state index is 0.113. The van der Waals surface area contributed by atoms with Gasteiger partial charge in [-0.05, 0) is 48.0 Å². The summed E-state index contributed by atoms with van der Waals surface area (Å²) < 4.78 is 24.5. The summed E-state index contributed by atoms with van der Waals surface area (Å²) in [6.45, 7) is 15.5. The molecule has 0 saturated carbocycles. The molecule has 0 aliphatic carbocycles. The molecule has 6 heteroatoms. The fraction of sp³-hybridized carbons (Fsp3) is 1.00. The maximum atomic E-state index is 6.28. The summed E-state index contributed by atoms with van der Waals surface area (Å²) in [5.74, 6) is 0. The lowest BCUT2D eigenvalue weighted by Crippen LogP contribution is -2.47. The van der Waals surface area contributed by atoms with E-state index in [0.29, 0.717) is 13.2 Å². The number of hydrogen-bond donors (Lipinski definition) is 1. The molecule has 1 rings (SSSR count). The van der Waals surface area contributed by atoms with E-state index >= 15 is 0 Å². The molecule has 26 heavy (non-hydrogen) atoms. The Hall–Kier alpha value is -0.240. The fourth-order valence-corrected chi connectivity index (χ4v) is 2.72. The van der Waals surface area contributed by atoms with Crippen molar-refractivity contribution in [2.75, 3.05) is 27.3 Å². The van der Waals surface area contributed by atoms with Gasteiger partial charge in [0.25, 0.3) is 0 Å². The molecule has 0 unspecified atom stereocenters.